The van der Waals surface area contributed by atoms with Crippen LogP contribution in [0.15, 0.2) is 0 Å². The summed E-state index contributed by atoms with van der Waals surface area (Å²) < 4.78 is 5.45. The number of ether oxygens (including phenoxy) is 1. The van der Waals surface area contributed by atoms with E-state index in [2.05, 4.69) is 6.92 Å². The molecule has 0 aromatic heterocycles. The molecule has 0 aromatic rings. The fourth-order valence-corrected chi connectivity index (χ4v) is 2.16. The molecule has 1 aliphatic heterocycles. The van der Waals surface area contributed by atoms with E-state index >= 15 is 0 Å². The lowest BCUT2D eigenvalue weighted by Crippen LogP contribution is -2.12. The molecule has 0 amide bonds. The van der Waals surface area contributed by atoms with E-state index in [-0.39, 0.29) is 7.43 Å². The molecule has 0 N–H and O–H groups in total. The Kier molecular flexibility index (Phi) is 2.94. The van der Waals surface area contributed by atoms with E-state index in [1.165, 1.54) is 32.1 Å². The van der Waals surface area contributed by atoms with E-state index in [9.17, 15) is 0 Å². The quantitative estimate of drug-likeness (QED) is 0.560. The first-order valence-electron chi connectivity index (χ1n) is 4.55. The minimum atomic E-state index is 0. The van der Waals surface area contributed by atoms with Gasteiger partial charge in [-0.15, -0.1) is 0 Å². The molecule has 1 heteroatoms. The fraction of sp³-hybridized carbons (Fsp3) is 1.00. The van der Waals surface area contributed by atoms with Gasteiger partial charge in [-0.25, -0.2) is 0 Å². The molecule has 2 aliphatic rings. The van der Waals surface area contributed by atoms with Crippen molar-refractivity contribution in [1.82, 2.24) is 0 Å². The molecule has 1 saturated heterocycles. The Morgan fingerprint density at radius 2 is 2.09 bits per heavy atom. The summed E-state index contributed by atoms with van der Waals surface area (Å²) in [6, 6.07) is 0. The van der Waals surface area contributed by atoms with Crippen molar-refractivity contribution in [1.29, 1.82) is 0 Å². The van der Waals surface area contributed by atoms with E-state index in [1.54, 1.807) is 0 Å². The van der Waals surface area contributed by atoms with Gasteiger partial charge in [-0.05, 0) is 25.2 Å². The number of fused-ring (bicyclic) bond motifs is 1. The zero-order valence-corrected chi connectivity index (χ0v) is 6.68. The third-order valence-electron chi connectivity index (χ3n) is 2.81. The highest BCUT2D eigenvalue weighted by atomic mass is 16.6. The second kappa shape index (κ2) is 3.57. The van der Waals surface area contributed by atoms with E-state index < -0.39 is 0 Å². The van der Waals surface area contributed by atoms with Crippen molar-refractivity contribution in [2.45, 2.75) is 58.7 Å². The van der Waals surface area contributed by atoms with Crippen LogP contribution in [0.1, 0.15) is 46.5 Å². The molecule has 11 heavy (non-hydrogen) atoms. The number of hydrogen-bond acceptors (Lipinski definition) is 1. The average molecular weight is 156 g/mol. The van der Waals surface area contributed by atoms with E-state index in [0.29, 0.717) is 12.2 Å². The molecule has 0 aromatic carbocycles. The van der Waals surface area contributed by atoms with E-state index in [1.807, 2.05) is 0 Å². The van der Waals surface area contributed by atoms with Crippen LogP contribution >= 0.6 is 0 Å². The average Bonchev–Trinajstić information content (AvgIpc) is 2.66. The Bertz CT molecular complexity index is 122. The highest BCUT2D eigenvalue weighted by Gasteiger charge is 2.43. The monoisotopic (exact) mass is 156 g/mol. The lowest BCUT2D eigenvalue weighted by atomic mass is 9.86. The van der Waals surface area contributed by atoms with Gasteiger partial charge in [0.25, 0.3) is 0 Å². The predicted octanol–water partition coefficient (Wildman–Crippen LogP) is 2.99. The molecule has 2 fully saturated rings. The summed E-state index contributed by atoms with van der Waals surface area (Å²) in [5.41, 5.74) is 0. The van der Waals surface area contributed by atoms with Gasteiger partial charge in [0.05, 0.1) is 12.2 Å². The van der Waals surface area contributed by atoms with Gasteiger partial charge in [0.2, 0.25) is 0 Å². The lowest BCUT2D eigenvalue weighted by Gasteiger charge is -2.17. The molecule has 0 radical (unpaired) electrons. The first-order chi connectivity index (χ1) is 4.90. The van der Waals surface area contributed by atoms with Gasteiger partial charge in [-0.1, -0.05) is 27.2 Å². The maximum atomic E-state index is 5.45. The Labute approximate surface area is 70.1 Å². The third kappa shape index (κ3) is 1.96. The Morgan fingerprint density at radius 3 is 2.73 bits per heavy atom. The smallest absolute Gasteiger partial charge is 0.0844 e. The van der Waals surface area contributed by atoms with Gasteiger partial charge in [0.15, 0.2) is 0 Å². The van der Waals surface area contributed by atoms with Gasteiger partial charge in [-0.2, -0.15) is 0 Å². The first kappa shape index (κ1) is 9.05. The largest absolute Gasteiger partial charge is 0.370 e. The van der Waals surface area contributed by atoms with Crippen LogP contribution in [0.5, 0.6) is 0 Å². The van der Waals surface area contributed by atoms with Crippen molar-refractivity contribution in [3.63, 3.8) is 0 Å². The molecule has 1 aliphatic carbocycles. The Balaban J connectivity index is 0.000000605. The molecule has 66 valence electrons. The SMILES string of the molecule is C.CCCC1CCC2OC2C1. The predicted molar refractivity (Wildman–Crippen MR) is 47.6 cm³/mol. The zero-order valence-electron chi connectivity index (χ0n) is 6.68. The first-order valence-corrected chi connectivity index (χ1v) is 4.55. The van der Waals surface area contributed by atoms with Crippen LogP contribution in [0.3, 0.4) is 0 Å². The standard InChI is InChI=1S/C9H16O.CH4/c1-2-3-7-4-5-8-9(6-7)10-8;/h7-9H,2-6H2,1H3;1H4. The summed E-state index contributed by atoms with van der Waals surface area (Å²) in [5.74, 6) is 0.994. The molecular formula is C10H20O. The van der Waals surface area contributed by atoms with Crippen molar-refractivity contribution < 1.29 is 4.74 Å². The van der Waals surface area contributed by atoms with E-state index in [0.717, 1.165) is 5.92 Å². The summed E-state index contributed by atoms with van der Waals surface area (Å²) in [6.07, 6.45) is 8.27. The molecule has 0 spiro atoms. The highest BCUT2D eigenvalue weighted by Crippen LogP contribution is 2.40. The van der Waals surface area contributed by atoms with Gasteiger partial charge in [0, 0.05) is 0 Å². The fourth-order valence-electron chi connectivity index (χ4n) is 2.16. The number of rotatable bonds is 2. The summed E-state index contributed by atoms with van der Waals surface area (Å²) in [7, 11) is 0. The second-order valence-electron chi connectivity index (χ2n) is 3.68. The highest BCUT2D eigenvalue weighted by molar-refractivity contribution is 4.91. The molecule has 1 saturated carbocycles. The van der Waals surface area contributed by atoms with Crippen LogP contribution in [-0.4, -0.2) is 12.2 Å². The topological polar surface area (TPSA) is 12.5 Å². The van der Waals surface area contributed by atoms with Crippen LogP contribution in [0.25, 0.3) is 0 Å². The summed E-state index contributed by atoms with van der Waals surface area (Å²) >= 11 is 0. The summed E-state index contributed by atoms with van der Waals surface area (Å²) in [6.45, 7) is 2.28. The molecule has 3 unspecified atom stereocenters. The minimum Gasteiger partial charge on any atom is -0.370 e. The summed E-state index contributed by atoms with van der Waals surface area (Å²) in [4.78, 5) is 0. The maximum Gasteiger partial charge on any atom is 0.0844 e. The van der Waals surface area contributed by atoms with Crippen LogP contribution in [-0.2, 0) is 4.74 Å². The van der Waals surface area contributed by atoms with Crippen molar-refractivity contribution in [3.8, 4) is 0 Å². The summed E-state index contributed by atoms with van der Waals surface area (Å²) in [5, 5.41) is 0. The molecular weight excluding hydrogens is 136 g/mol. The molecule has 3 atom stereocenters. The molecule has 2 rings (SSSR count). The number of epoxide rings is 1. The van der Waals surface area contributed by atoms with Crippen molar-refractivity contribution in [2.24, 2.45) is 5.92 Å². The van der Waals surface area contributed by atoms with Gasteiger partial charge >= 0.3 is 0 Å². The van der Waals surface area contributed by atoms with Gasteiger partial charge in [-0.3, -0.25) is 0 Å². The Hall–Kier alpha value is -0.0400. The van der Waals surface area contributed by atoms with E-state index in [4.69, 9.17) is 4.74 Å². The van der Waals surface area contributed by atoms with Crippen molar-refractivity contribution in [3.05, 3.63) is 0 Å². The molecule has 1 heterocycles. The zero-order chi connectivity index (χ0) is 6.97. The lowest BCUT2D eigenvalue weighted by molar-refractivity contribution is 0.350. The van der Waals surface area contributed by atoms with Crippen LogP contribution in [0, 0.1) is 5.92 Å². The molecule has 1 nitrogen and oxygen atoms in total. The maximum absolute atomic E-state index is 5.45. The van der Waals surface area contributed by atoms with Crippen LogP contribution in [0.2, 0.25) is 0 Å². The van der Waals surface area contributed by atoms with Gasteiger partial charge in [0.1, 0.15) is 0 Å². The van der Waals surface area contributed by atoms with Crippen molar-refractivity contribution >= 4 is 0 Å². The molecule has 0 bridgehead atoms. The third-order valence-corrected chi connectivity index (χ3v) is 2.81. The van der Waals surface area contributed by atoms with Crippen molar-refractivity contribution in [2.75, 3.05) is 0 Å². The Morgan fingerprint density at radius 1 is 1.27 bits per heavy atom. The normalized spacial score (nSPS) is 40.6. The van der Waals surface area contributed by atoms with Gasteiger partial charge < -0.3 is 4.74 Å². The van der Waals surface area contributed by atoms with Crippen LogP contribution < -0.4 is 0 Å². The minimum absolute atomic E-state index is 0. The second-order valence-corrected chi connectivity index (χ2v) is 3.68. The van der Waals surface area contributed by atoms with Crippen LogP contribution in [0.4, 0.5) is 0 Å². The number of hydrogen-bond donors (Lipinski definition) is 0.